The Bertz CT molecular complexity index is 329. The summed E-state index contributed by atoms with van der Waals surface area (Å²) in [5.74, 6) is -0.221. The molecule has 0 nitrogen and oxygen atoms in total. The molecule has 0 heterocycles. The van der Waals surface area contributed by atoms with Crippen molar-refractivity contribution in [1.29, 1.82) is 0 Å². The molecule has 1 aliphatic carbocycles. The molecule has 0 saturated carbocycles. The Hall–Kier alpha value is -0.820. The summed E-state index contributed by atoms with van der Waals surface area (Å²) in [5.41, 5.74) is 1.67. The fourth-order valence-corrected chi connectivity index (χ4v) is 1.52. The van der Waals surface area contributed by atoms with Crippen LogP contribution in [0.25, 0.3) is 6.08 Å². The highest BCUT2D eigenvalue weighted by Crippen LogP contribution is 2.25. The normalized spacial score (nSPS) is 13.6. The monoisotopic (exact) mass is 168 g/mol. The van der Waals surface area contributed by atoms with Gasteiger partial charge in [-0.25, -0.2) is 4.39 Å². The molecule has 0 aliphatic heterocycles. The smallest absolute Gasteiger partial charge is 0.132 e. The fraction of sp³-hybridized carbons (Fsp3) is 0.111. The molecule has 0 aromatic heterocycles. The van der Waals surface area contributed by atoms with Gasteiger partial charge in [-0.1, -0.05) is 23.8 Å². The molecule has 0 saturated heterocycles. The third kappa shape index (κ3) is 1.05. The molecule has 56 valence electrons. The third-order valence-electron chi connectivity index (χ3n) is 1.80. The molecule has 11 heavy (non-hydrogen) atoms. The minimum atomic E-state index is -0.221. The van der Waals surface area contributed by atoms with Crippen molar-refractivity contribution in [2.75, 3.05) is 0 Å². The minimum absolute atomic E-state index is 0.221. The first-order valence-corrected chi connectivity index (χ1v) is 3.79. The number of hydrogen-bond donors (Lipinski definition) is 0. The van der Waals surface area contributed by atoms with Gasteiger partial charge in [0.15, 0.2) is 0 Å². The summed E-state index contributed by atoms with van der Waals surface area (Å²) in [6, 6.07) is 3.15. The lowest BCUT2D eigenvalue weighted by Crippen LogP contribution is -1.86. The van der Waals surface area contributed by atoms with Gasteiger partial charge in [-0.05, 0) is 24.1 Å². The summed E-state index contributed by atoms with van der Waals surface area (Å²) in [5, 5.41) is 0.477. The zero-order valence-corrected chi connectivity index (χ0v) is 6.53. The molecule has 0 unspecified atom stereocenters. The second kappa shape index (κ2) is 2.35. The van der Waals surface area contributed by atoms with E-state index in [0.717, 1.165) is 12.0 Å². The fourth-order valence-electron chi connectivity index (χ4n) is 1.30. The largest absolute Gasteiger partial charge is 0.206 e. The summed E-state index contributed by atoms with van der Waals surface area (Å²) in [6.07, 6.45) is 4.53. The van der Waals surface area contributed by atoms with Crippen LogP contribution in [0.3, 0.4) is 0 Å². The quantitative estimate of drug-likeness (QED) is 0.559. The van der Waals surface area contributed by atoms with E-state index in [1.54, 1.807) is 12.1 Å². The first-order chi connectivity index (χ1) is 5.27. The number of allylic oxidation sites excluding steroid dienone is 1. The van der Waals surface area contributed by atoms with Crippen LogP contribution in [0.15, 0.2) is 18.2 Å². The molecule has 1 aromatic carbocycles. The first kappa shape index (κ1) is 6.86. The van der Waals surface area contributed by atoms with Crippen molar-refractivity contribution in [1.82, 2.24) is 0 Å². The van der Waals surface area contributed by atoms with E-state index in [4.69, 9.17) is 11.6 Å². The van der Waals surface area contributed by atoms with Crippen LogP contribution in [-0.2, 0) is 6.42 Å². The SMILES string of the molecule is Fc1cc(Cl)cc2c1C=CC2. The van der Waals surface area contributed by atoms with Crippen molar-refractivity contribution < 1.29 is 4.39 Å². The average Bonchev–Trinajstić information content (AvgIpc) is 2.34. The summed E-state index contributed by atoms with van der Waals surface area (Å²) >= 11 is 5.66. The van der Waals surface area contributed by atoms with Crippen LogP contribution < -0.4 is 0 Å². The van der Waals surface area contributed by atoms with Crippen LogP contribution in [0.1, 0.15) is 11.1 Å². The maximum atomic E-state index is 13.0. The number of halogens is 2. The van der Waals surface area contributed by atoms with Crippen molar-refractivity contribution in [2.24, 2.45) is 0 Å². The summed E-state index contributed by atoms with van der Waals surface area (Å²) < 4.78 is 13.0. The van der Waals surface area contributed by atoms with Gasteiger partial charge in [-0.3, -0.25) is 0 Å². The maximum absolute atomic E-state index is 13.0. The Kier molecular flexibility index (Phi) is 1.46. The Labute approximate surface area is 69.3 Å². The molecule has 2 rings (SSSR count). The number of fused-ring (bicyclic) bond motifs is 1. The average molecular weight is 169 g/mol. The van der Waals surface area contributed by atoms with Gasteiger partial charge >= 0.3 is 0 Å². The molecule has 1 aromatic rings. The highest BCUT2D eigenvalue weighted by atomic mass is 35.5. The van der Waals surface area contributed by atoms with Crippen molar-refractivity contribution in [3.63, 3.8) is 0 Å². The van der Waals surface area contributed by atoms with E-state index in [0.29, 0.717) is 10.6 Å². The van der Waals surface area contributed by atoms with E-state index in [-0.39, 0.29) is 5.82 Å². The van der Waals surface area contributed by atoms with Crippen LogP contribution >= 0.6 is 11.6 Å². The van der Waals surface area contributed by atoms with E-state index < -0.39 is 0 Å². The van der Waals surface area contributed by atoms with Crippen molar-refractivity contribution in [2.45, 2.75) is 6.42 Å². The molecule has 0 N–H and O–H groups in total. The van der Waals surface area contributed by atoms with Crippen molar-refractivity contribution in [3.8, 4) is 0 Å². The van der Waals surface area contributed by atoms with Crippen LogP contribution in [0.4, 0.5) is 4.39 Å². The molecular formula is C9H6ClF. The van der Waals surface area contributed by atoms with Gasteiger partial charge in [0.2, 0.25) is 0 Å². The van der Waals surface area contributed by atoms with E-state index in [1.807, 2.05) is 6.08 Å². The van der Waals surface area contributed by atoms with Crippen LogP contribution in [0.5, 0.6) is 0 Å². The van der Waals surface area contributed by atoms with Crippen LogP contribution in [0.2, 0.25) is 5.02 Å². The second-order valence-corrected chi connectivity index (χ2v) is 3.00. The van der Waals surface area contributed by atoms with Crippen molar-refractivity contribution in [3.05, 3.63) is 40.2 Å². The third-order valence-corrected chi connectivity index (χ3v) is 2.02. The molecule has 0 amide bonds. The topological polar surface area (TPSA) is 0 Å². The molecule has 0 spiro atoms. The lowest BCUT2D eigenvalue weighted by atomic mass is 10.1. The van der Waals surface area contributed by atoms with Gasteiger partial charge in [-0.15, -0.1) is 0 Å². The lowest BCUT2D eigenvalue weighted by Gasteiger charge is -1.99. The Morgan fingerprint density at radius 1 is 1.36 bits per heavy atom. The Morgan fingerprint density at radius 3 is 3.00 bits per heavy atom. The van der Waals surface area contributed by atoms with E-state index in [1.165, 1.54) is 6.07 Å². The van der Waals surface area contributed by atoms with Gasteiger partial charge in [0.05, 0.1) is 0 Å². The molecular weight excluding hydrogens is 163 g/mol. The zero-order valence-electron chi connectivity index (χ0n) is 5.77. The highest BCUT2D eigenvalue weighted by molar-refractivity contribution is 6.30. The van der Waals surface area contributed by atoms with Gasteiger partial charge in [-0.2, -0.15) is 0 Å². The Morgan fingerprint density at radius 2 is 2.18 bits per heavy atom. The van der Waals surface area contributed by atoms with E-state index in [9.17, 15) is 4.39 Å². The molecule has 0 radical (unpaired) electrons. The Balaban J connectivity index is 2.67. The van der Waals surface area contributed by atoms with Gasteiger partial charge in [0.1, 0.15) is 5.82 Å². The lowest BCUT2D eigenvalue weighted by molar-refractivity contribution is 0.624. The van der Waals surface area contributed by atoms with Gasteiger partial charge in [0, 0.05) is 10.6 Å². The number of rotatable bonds is 0. The molecule has 0 bridgehead atoms. The second-order valence-electron chi connectivity index (χ2n) is 2.57. The van der Waals surface area contributed by atoms with Gasteiger partial charge < -0.3 is 0 Å². The highest BCUT2D eigenvalue weighted by Gasteiger charge is 2.10. The molecule has 1 aliphatic rings. The first-order valence-electron chi connectivity index (χ1n) is 3.42. The molecule has 0 atom stereocenters. The predicted molar refractivity (Wildman–Crippen MR) is 44.1 cm³/mol. The van der Waals surface area contributed by atoms with Crippen LogP contribution in [-0.4, -0.2) is 0 Å². The predicted octanol–water partition coefficient (Wildman–Crippen LogP) is 3.05. The maximum Gasteiger partial charge on any atom is 0.132 e. The van der Waals surface area contributed by atoms with E-state index >= 15 is 0 Å². The van der Waals surface area contributed by atoms with Gasteiger partial charge in [0.25, 0.3) is 0 Å². The van der Waals surface area contributed by atoms with Crippen LogP contribution in [0, 0.1) is 5.82 Å². The summed E-state index contributed by atoms with van der Waals surface area (Å²) in [4.78, 5) is 0. The number of hydrogen-bond acceptors (Lipinski definition) is 0. The summed E-state index contributed by atoms with van der Waals surface area (Å²) in [6.45, 7) is 0. The standard InChI is InChI=1S/C9H6ClF/c10-7-4-6-2-1-3-8(6)9(11)5-7/h1,3-5H,2H2. The van der Waals surface area contributed by atoms with E-state index in [2.05, 4.69) is 0 Å². The number of benzene rings is 1. The minimum Gasteiger partial charge on any atom is -0.206 e. The molecule has 2 heteroatoms. The molecule has 0 fully saturated rings. The van der Waals surface area contributed by atoms with Crippen molar-refractivity contribution >= 4 is 17.7 Å². The summed E-state index contributed by atoms with van der Waals surface area (Å²) in [7, 11) is 0. The zero-order chi connectivity index (χ0) is 7.84.